The van der Waals surface area contributed by atoms with Gasteiger partial charge in [0.05, 0.1) is 6.20 Å². The number of amides is 1. The van der Waals surface area contributed by atoms with Crippen molar-refractivity contribution >= 4 is 11.6 Å². The maximum atomic E-state index is 13.7. The number of rotatable bonds is 3. The minimum atomic E-state index is -0.355. The Kier molecular flexibility index (Phi) is 3.91. The second-order valence-electron chi connectivity index (χ2n) is 6.28. The number of fused-ring (bicyclic) bond motifs is 1. The summed E-state index contributed by atoms with van der Waals surface area (Å²) in [6, 6.07) is 6.41. The zero-order valence-corrected chi connectivity index (χ0v) is 13.9. The van der Waals surface area contributed by atoms with E-state index in [0.29, 0.717) is 31.5 Å². The highest BCUT2D eigenvalue weighted by atomic mass is 19.1. The fraction of sp³-hybridized carbons (Fsp3) is 0.333. The third-order valence-corrected chi connectivity index (χ3v) is 4.62. The first-order chi connectivity index (χ1) is 12.1. The van der Waals surface area contributed by atoms with E-state index in [1.165, 1.54) is 6.07 Å². The first-order valence-corrected chi connectivity index (χ1v) is 8.32. The normalized spacial score (nSPS) is 15.7. The van der Waals surface area contributed by atoms with Gasteiger partial charge in [-0.25, -0.2) is 8.91 Å². The van der Waals surface area contributed by atoms with Crippen LogP contribution in [-0.2, 0) is 7.05 Å². The molecular weight excluding hydrogens is 323 g/mol. The summed E-state index contributed by atoms with van der Waals surface area (Å²) in [6.45, 7) is 1.17. The van der Waals surface area contributed by atoms with Gasteiger partial charge in [-0.3, -0.25) is 4.79 Å². The van der Waals surface area contributed by atoms with Gasteiger partial charge in [-0.15, -0.1) is 0 Å². The van der Waals surface area contributed by atoms with E-state index in [0.717, 1.165) is 5.65 Å². The number of benzene rings is 1. The van der Waals surface area contributed by atoms with Crippen LogP contribution < -0.4 is 4.74 Å². The van der Waals surface area contributed by atoms with Gasteiger partial charge in [-0.2, -0.15) is 5.10 Å². The molecule has 0 radical (unpaired) electrons. The van der Waals surface area contributed by atoms with Gasteiger partial charge >= 0.3 is 0 Å². The Hall–Kier alpha value is -2.83. The number of ether oxygens (including phenoxy) is 1. The van der Waals surface area contributed by atoms with Crippen LogP contribution in [0.5, 0.6) is 5.75 Å². The molecule has 0 N–H and O–H groups in total. The summed E-state index contributed by atoms with van der Waals surface area (Å²) in [7, 11) is 1.89. The molecule has 0 spiro atoms. The van der Waals surface area contributed by atoms with Crippen molar-refractivity contribution < 1.29 is 13.9 Å². The van der Waals surface area contributed by atoms with Gasteiger partial charge in [0.25, 0.3) is 5.91 Å². The van der Waals surface area contributed by atoms with Gasteiger partial charge in [-0.05, 0) is 12.1 Å². The van der Waals surface area contributed by atoms with E-state index in [4.69, 9.17) is 4.74 Å². The molecule has 3 aromatic rings. The summed E-state index contributed by atoms with van der Waals surface area (Å²) < 4.78 is 23.0. The molecule has 1 saturated heterocycles. The standard InChI is InChI=1S/C18H19FN4O2/c1-21-10-11-23-17(21)14(12-20-23)18(24)22-8-6-13(7-9-22)25-16-5-3-2-4-15(16)19/h2-5,10-13H,6-9H2,1H3. The molecular formula is C18H19FN4O2. The predicted octanol–water partition coefficient (Wildman–Crippen LogP) is 2.50. The molecule has 25 heavy (non-hydrogen) atoms. The Morgan fingerprint density at radius 2 is 2.00 bits per heavy atom. The van der Waals surface area contributed by atoms with Crippen LogP contribution in [0.15, 0.2) is 42.9 Å². The zero-order valence-electron chi connectivity index (χ0n) is 13.9. The van der Waals surface area contributed by atoms with Crippen LogP contribution in [0.25, 0.3) is 5.65 Å². The highest BCUT2D eigenvalue weighted by Gasteiger charge is 2.27. The van der Waals surface area contributed by atoms with Gasteiger partial charge in [0, 0.05) is 45.4 Å². The molecule has 2 aromatic heterocycles. The SMILES string of the molecule is Cn1ccn2ncc(C(=O)N3CCC(Oc4ccccc4F)CC3)c12. The molecule has 0 bridgehead atoms. The number of carbonyl (C=O) groups is 1. The van der Waals surface area contributed by atoms with Crippen molar-refractivity contribution in [2.45, 2.75) is 18.9 Å². The lowest BCUT2D eigenvalue weighted by atomic mass is 10.1. The molecule has 6 nitrogen and oxygen atoms in total. The largest absolute Gasteiger partial charge is 0.487 e. The van der Waals surface area contributed by atoms with Crippen LogP contribution in [0.3, 0.4) is 0 Å². The molecule has 1 fully saturated rings. The maximum absolute atomic E-state index is 13.7. The highest BCUT2D eigenvalue weighted by molar-refractivity contribution is 5.99. The lowest BCUT2D eigenvalue weighted by Gasteiger charge is -2.32. The number of carbonyl (C=O) groups excluding carboxylic acids is 1. The first kappa shape index (κ1) is 15.7. The topological polar surface area (TPSA) is 51.8 Å². The van der Waals surface area contributed by atoms with Crippen LogP contribution in [0.1, 0.15) is 23.2 Å². The van der Waals surface area contributed by atoms with E-state index in [1.807, 2.05) is 28.9 Å². The molecule has 1 amide bonds. The smallest absolute Gasteiger partial charge is 0.259 e. The fourth-order valence-electron chi connectivity index (χ4n) is 3.27. The lowest BCUT2D eigenvalue weighted by Crippen LogP contribution is -2.41. The summed E-state index contributed by atoms with van der Waals surface area (Å²) in [5, 5.41) is 4.22. The number of hydrogen-bond acceptors (Lipinski definition) is 3. The summed E-state index contributed by atoms with van der Waals surface area (Å²) in [5.74, 6) is -0.109. The second-order valence-corrected chi connectivity index (χ2v) is 6.28. The molecule has 3 heterocycles. The molecule has 4 rings (SSSR count). The van der Waals surface area contributed by atoms with Crippen molar-refractivity contribution in [3.8, 4) is 5.75 Å². The number of halogens is 1. The summed E-state index contributed by atoms with van der Waals surface area (Å²) in [5.41, 5.74) is 1.38. The number of piperidine rings is 1. The number of imidazole rings is 1. The molecule has 1 aliphatic heterocycles. The molecule has 1 aromatic carbocycles. The second kappa shape index (κ2) is 6.23. The zero-order chi connectivity index (χ0) is 17.4. The molecule has 0 atom stereocenters. The van der Waals surface area contributed by atoms with Crippen molar-refractivity contribution in [3.63, 3.8) is 0 Å². The number of likely N-dealkylation sites (tertiary alicyclic amines) is 1. The number of para-hydroxylation sites is 1. The van der Waals surface area contributed by atoms with E-state index in [-0.39, 0.29) is 23.6 Å². The van der Waals surface area contributed by atoms with Gasteiger partial charge in [0.2, 0.25) is 0 Å². The van der Waals surface area contributed by atoms with E-state index >= 15 is 0 Å². The monoisotopic (exact) mass is 342 g/mol. The van der Waals surface area contributed by atoms with E-state index in [2.05, 4.69) is 5.10 Å². The quantitative estimate of drug-likeness (QED) is 0.735. The van der Waals surface area contributed by atoms with E-state index in [1.54, 1.807) is 28.9 Å². The van der Waals surface area contributed by atoms with Crippen molar-refractivity contribution in [1.82, 2.24) is 19.1 Å². The van der Waals surface area contributed by atoms with E-state index in [9.17, 15) is 9.18 Å². The molecule has 0 saturated carbocycles. The Morgan fingerprint density at radius 3 is 2.76 bits per heavy atom. The first-order valence-electron chi connectivity index (χ1n) is 8.32. The Labute approximate surface area is 144 Å². The highest BCUT2D eigenvalue weighted by Crippen LogP contribution is 2.23. The third-order valence-electron chi connectivity index (χ3n) is 4.62. The molecule has 130 valence electrons. The number of aromatic nitrogens is 3. The molecule has 7 heteroatoms. The summed E-state index contributed by atoms with van der Waals surface area (Å²) in [4.78, 5) is 14.6. The van der Waals surface area contributed by atoms with Crippen LogP contribution >= 0.6 is 0 Å². The Bertz CT molecular complexity index is 909. The Balaban J connectivity index is 1.42. The van der Waals surface area contributed by atoms with Crippen LogP contribution in [-0.4, -0.2) is 44.2 Å². The molecule has 0 aliphatic carbocycles. The molecule has 0 unspecified atom stereocenters. The van der Waals surface area contributed by atoms with Gasteiger partial charge < -0.3 is 14.2 Å². The fourth-order valence-corrected chi connectivity index (χ4v) is 3.27. The van der Waals surface area contributed by atoms with Crippen molar-refractivity contribution in [2.75, 3.05) is 13.1 Å². The summed E-state index contributed by atoms with van der Waals surface area (Å²) >= 11 is 0. The van der Waals surface area contributed by atoms with Crippen molar-refractivity contribution in [2.24, 2.45) is 7.05 Å². The van der Waals surface area contributed by atoms with Crippen LogP contribution in [0, 0.1) is 5.82 Å². The minimum absolute atomic E-state index is 0.0267. The maximum Gasteiger partial charge on any atom is 0.259 e. The minimum Gasteiger partial charge on any atom is -0.487 e. The number of nitrogens with zero attached hydrogens (tertiary/aromatic N) is 4. The van der Waals surface area contributed by atoms with Crippen molar-refractivity contribution in [1.29, 1.82) is 0 Å². The average molecular weight is 342 g/mol. The van der Waals surface area contributed by atoms with E-state index < -0.39 is 0 Å². The van der Waals surface area contributed by atoms with Crippen LogP contribution in [0.4, 0.5) is 4.39 Å². The summed E-state index contributed by atoms with van der Waals surface area (Å²) in [6.07, 6.45) is 6.58. The number of hydrogen-bond donors (Lipinski definition) is 0. The van der Waals surface area contributed by atoms with Gasteiger partial charge in [-0.1, -0.05) is 12.1 Å². The lowest BCUT2D eigenvalue weighted by molar-refractivity contribution is 0.0590. The predicted molar refractivity (Wildman–Crippen MR) is 90.1 cm³/mol. The van der Waals surface area contributed by atoms with Crippen molar-refractivity contribution in [3.05, 3.63) is 54.2 Å². The van der Waals surface area contributed by atoms with Crippen LogP contribution in [0.2, 0.25) is 0 Å². The Morgan fingerprint density at radius 1 is 1.24 bits per heavy atom. The van der Waals surface area contributed by atoms with Gasteiger partial charge in [0.15, 0.2) is 11.6 Å². The number of aryl methyl sites for hydroxylation is 1. The average Bonchev–Trinajstić information content (AvgIpc) is 3.20. The molecule has 1 aliphatic rings. The van der Waals surface area contributed by atoms with Gasteiger partial charge in [0.1, 0.15) is 17.3 Å². The third kappa shape index (κ3) is 2.86.